The van der Waals surface area contributed by atoms with Crippen molar-refractivity contribution >= 4 is 22.8 Å². The zero-order chi connectivity index (χ0) is 29.1. The van der Waals surface area contributed by atoms with Gasteiger partial charge in [0.15, 0.2) is 16.7 Å². The Morgan fingerprint density at radius 3 is 2.43 bits per heavy atom. The third kappa shape index (κ3) is 5.21. The number of nitrogens with one attached hydrogen (secondary N) is 1. The number of ether oxygens (including phenoxy) is 3. The van der Waals surface area contributed by atoms with Gasteiger partial charge in [-0.25, -0.2) is 4.98 Å². The van der Waals surface area contributed by atoms with Gasteiger partial charge in [-0.3, -0.25) is 9.36 Å². The molecule has 3 aromatic carbocycles. The molecule has 0 atom stereocenters. The fourth-order valence-electron chi connectivity index (χ4n) is 4.69. The van der Waals surface area contributed by atoms with Gasteiger partial charge >= 0.3 is 0 Å². The summed E-state index contributed by atoms with van der Waals surface area (Å²) in [4.78, 5) is 26.5. The maximum atomic E-state index is 13.8. The molecule has 0 aliphatic heterocycles. The molecular weight excluding hydrogens is 554 g/mol. The van der Waals surface area contributed by atoms with E-state index in [9.17, 15) is 4.79 Å². The number of nitrogens with zero attached hydrogens (tertiary/aromatic N) is 4. The van der Waals surface area contributed by atoms with E-state index in [4.69, 9.17) is 23.7 Å². The molecule has 6 rings (SSSR count). The Labute approximate surface area is 245 Å². The second-order valence-electron chi connectivity index (χ2n) is 9.27. The summed E-state index contributed by atoms with van der Waals surface area (Å²) in [6, 6.07) is 22.9. The van der Waals surface area contributed by atoms with Gasteiger partial charge in [0.25, 0.3) is 5.56 Å². The number of hydrogen-bond donors (Lipinski definition) is 1. The first-order chi connectivity index (χ1) is 20.6. The zero-order valence-electron chi connectivity index (χ0n) is 23.2. The summed E-state index contributed by atoms with van der Waals surface area (Å²) in [5.74, 6) is 2.87. The molecule has 0 fully saturated rings. The second-order valence-corrected chi connectivity index (χ2v) is 10.2. The first kappa shape index (κ1) is 27.2. The molecule has 0 aliphatic carbocycles. The highest BCUT2D eigenvalue weighted by molar-refractivity contribution is 7.98. The zero-order valence-corrected chi connectivity index (χ0v) is 24.0. The van der Waals surface area contributed by atoms with E-state index in [0.717, 1.165) is 22.4 Å². The third-order valence-corrected chi connectivity index (χ3v) is 7.73. The molecule has 212 valence electrons. The van der Waals surface area contributed by atoms with Gasteiger partial charge in [-0.05, 0) is 35.4 Å². The third-order valence-electron chi connectivity index (χ3n) is 6.77. The standard InChI is InChI=1S/C31H27N5O5S/c1-38-21-14-12-19(13-15-21)17-36-30(37)27-26(23(16-32-27)20-8-5-4-6-9-20)34-31(36)42-18-25-33-29(35-41-25)22-10-7-11-24(39-2)28(22)40-3/h4-16,32H,17-18H2,1-3H3. The van der Waals surface area contributed by atoms with Crippen LogP contribution in [0.1, 0.15) is 11.5 Å². The van der Waals surface area contributed by atoms with Crippen LogP contribution in [0.4, 0.5) is 0 Å². The Bertz CT molecular complexity index is 1900. The number of para-hydroxylation sites is 1. The van der Waals surface area contributed by atoms with Crippen molar-refractivity contribution in [2.24, 2.45) is 0 Å². The molecule has 0 saturated heterocycles. The first-order valence-electron chi connectivity index (χ1n) is 13.1. The van der Waals surface area contributed by atoms with Gasteiger partial charge in [-0.2, -0.15) is 4.98 Å². The lowest BCUT2D eigenvalue weighted by Gasteiger charge is -2.12. The van der Waals surface area contributed by atoms with E-state index in [2.05, 4.69) is 15.1 Å². The van der Waals surface area contributed by atoms with Gasteiger partial charge in [0, 0.05) is 11.8 Å². The number of hydrogen-bond acceptors (Lipinski definition) is 9. The predicted molar refractivity (Wildman–Crippen MR) is 160 cm³/mol. The topological polar surface area (TPSA) is 117 Å². The van der Waals surface area contributed by atoms with Crippen LogP contribution in [0, 0.1) is 0 Å². The van der Waals surface area contributed by atoms with Gasteiger partial charge in [0.1, 0.15) is 16.8 Å². The van der Waals surface area contributed by atoms with Crippen LogP contribution >= 0.6 is 11.8 Å². The van der Waals surface area contributed by atoms with Gasteiger partial charge in [-0.1, -0.05) is 65.4 Å². The lowest BCUT2D eigenvalue weighted by Crippen LogP contribution is -2.24. The largest absolute Gasteiger partial charge is 0.497 e. The lowest BCUT2D eigenvalue weighted by atomic mass is 10.1. The van der Waals surface area contributed by atoms with Gasteiger partial charge in [0.2, 0.25) is 11.7 Å². The minimum Gasteiger partial charge on any atom is -0.497 e. The number of thioether (sulfide) groups is 1. The summed E-state index contributed by atoms with van der Waals surface area (Å²) < 4.78 is 23.5. The minimum absolute atomic E-state index is 0.173. The number of H-pyrrole nitrogens is 1. The molecule has 3 heterocycles. The van der Waals surface area contributed by atoms with Crippen molar-refractivity contribution < 1.29 is 18.7 Å². The number of benzene rings is 3. The number of aromatic nitrogens is 5. The Hall–Kier alpha value is -5.03. The highest BCUT2D eigenvalue weighted by Crippen LogP contribution is 2.37. The fraction of sp³-hybridized carbons (Fsp3) is 0.161. The Morgan fingerprint density at radius 2 is 1.69 bits per heavy atom. The van der Waals surface area contributed by atoms with Gasteiger partial charge in [-0.15, -0.1) is 0 Å². The van der Waals surface area contributed by atoms with Crippen LogP contribution in [-0.2, 0) is 12.3 Å². The fourth-order valence-corrected chi connectivity index (χ4v) is 5.51. The van der Waals surface area contributed by atoms with E-state index >= 15 is 0 Å². The molecule has 6 aromatic rings. The summed E-state index contributed by atoms with van der Waals surface area (Å²) >= 11 is 1.35. The minimum atomic E-state index is -0.173. The molecule has 0 spiro atoms. The van der Waals surface area contributed by atoms with Crippen molar-refractivity contribution in [3.8, 4) is 39.8 Å². The smallest absolute Gasteiger partial charge is 0.278 e. The molecule has 0 bridgehead atoms. The molecule has 42 heavy (non-hydrogen) atoms. The SMILES string of the molecule is COc1ccc(Cn2c(SCc3nc(-c4cccc(OC)c4OC)no3)nc3c(-c4ccccc4)c[nH]c3c2=O)cc1. The van der Waals surface area contributed by atoms with E-state index in [0.29, 0.717) is 57.3 Å². The maximum absolute atomic E-state index is 13.8. The number of aromatic amines is 1. The molecule has 0 amide bonds. The van der Waals surface area contributed by atoms with Crippen molar-refractivity contribution in [1.29, 1.82) is 0 Å². The number of rotatable bonds is 10. The number of fused-ring (bicyclic) bond motifs is 1. The van der Waals surface area contributed by atoms with Crippen molar-refractivity contribution in [3.63, 3.8) is 0 Å². The summed E-state index contributed by atoms with van der Waals surface area (Å²) in [7, 11) is 4.75. The molecule has 0 unspecified atom stereocenters. The highest BCUT2D eigenvalue weighted by atomic mass is 32.2. The van der Waals surface area contributed by atoms with Crippen LogP contribution < -0.4 is 19.8 Å². The molecule has 0 saturated carbocycles. The van der Waals surface area contributed by atoms with Gasteiger partial charge < -0.3 is 23.7 Å². The summed E-state index contributed by atoms with van der Waals surface area (Å²) in [5.41, 5.74) is 4.27. The Balaban J connectivity index is 1.37. The molecule has 10 nitrogen and oxygen atoms in total. The van der Waals surface area contributed by atoms with Crippen molar-refractivity contribution in [2.75, 3.05) is 21.3 Å². The monoisotopic (exact) mass is 581 g/mol. The quantitative estimate of drug-likeness (QED) is 0.158. The van der Waals surface area contributed by atoms with E-state index in [1.54, 1.807) is 32.0 Å². The average Bonchev–Trinajstić information content (AvgIpc) is 3.69. The Kier molecular flexibility index (Phi) is 7.65. The van der Waals surface area contributed by atoms with Crippen LogP contribution in [0.5, 0.6) is 17.2 Å². The second kappa shape index (κ2) is 11.8. The summed E-state index contributed by atoms with van der Waals surface area (Å²) in [5, 5.41) is 4.69. The molecular formula is C31H27N5O5S. The molecule has 0 aliphatic rings. The van der Waals surface area contributed by atoms with E-state index in [-0.39, 0.29) is 5.56 Å². The highest BCUT2D eigenvalue weighted by Gasteiger charge is 2.20. The maximum Gasteiger partial charge on any atom is 0.278 e. The van der Waals surface area contributed by atoms with Crippen LogP contribution in [0.25, 0.3) is 33.5 Å². The molecule has 1 N–H and O–H groups in total. The summed E-state index contributed by atoms with van der Waals surface area (Å²) in [6.45, 7) is 0.323. The van der Waals surface area contributed by atoms with Crippen LogP contribution in [0.15, 0.2) is 93.5 Å². The molecule has 0 radical (unpaired) electrons. The Morgan fingerprint density at radius 1 is 0.881 bits per heavy atom. The summed E-state index contributed by atoms with van der Waals surface area (Å²) in [6.07, 6.45) is 1.83. The molecule has 3 aromatic heterocycles. The van der Waals surface area contributed by atoms with Crippen molar-refractivity contribution in [1.82, 2.24) is 24.7 Å². The number of methoxy groups -OCH3 is 3. The van der Waals surface area contributed by atoms with E-state index in [1.165, 1.54) is 11.8 Å². The normalized spacial score (nSPS) is 11.1. The van der Waals surface area contributed by atoms with Crippen molar-refractivity contribution in [3.05, 3.63) is 101 Å². The first-order valence-corrected chi connectivity index (χ1v) is 14.0. The average molecular weight is 582 g/mol. The van der Waals surface area contributed by atoms with E-state index in [1.807, 2.05) is 72.9 Å². The van der Waals surface area contributed by atoms with Crippen LogP contribution in [0.3, 0.4) is 0 Å². The van der Waals surface area contributed by atoms with Crippen molar-refractivity contribution in [2.45, 2.75) is 17.5 Å². The van der Waals surface area contributed by atoms with E-state index < -0.39 is 0 Å². The molecule has 11 heteroatoms. The lowest BCUT2D eigenvalue weighted by molar-refractivity contribution is 0.355. The predicted octanol–water partition coefficient (Wildman–Crippen LogP) is 5.81. The van der Waals surface area contributed by atoms with Crippen LogP contribution in [-0.4, -0.2) is 46.0 Å². The van der Waals surface area contributed by atoms with Gasteiger partial charge in [0.05, 0.1) is 39.2 Å². The van der Waals surface area contributed by atoms with Crippen LogP contribution in [0.2, 0.25) is 0 Å².